The Balaban J connectivity index is 0.661. The van der Waals surface area contributed by atoms with E-state index in [1.165, 1.54) is 29.8 Å². The fraction of sp³-hybridized carbons (Fsp3) is 0.430. The van der Waals surface area contributed by atoms with E-state index in [9.17, 15) is 33.5 Å². The smallest absolute Gasteiger partial charge is 0.407 e. The second-order valence-corrected chi connectivity index (χ2v) is 34.3. The van der Waals surface area contributed by atoms with Gasteiger partial charge in [-0.05, 0) is 143 Å². The van der Waals surface area contributed by atoms with Gasteiger partial charge in [0.1, 0.15) is 78.8 Å². The molecule has 1 fully saturated rings. The van der Waals surface area contributed by atoms with Gasteiger partial charge >= 0.3 is 12.1 Å². The van der Waals surface area contributed by atoms with Crippen molar-refractivity contribution in [3.63, 3.8) is 0 Å². The Bertz CT molecular complexity index is 5400. The molecule has 0 unspecified atom stereocenters. The lowest BCUT2D eigenvalue weighted by atomic mass is 9.96. The van der Waals surface area contributed by atoms with Gasteiger partial charge in [0.15, 0.2) is 5.82 Å². The minimum atomic E-state index is -1.57. The van der Waals surface area contributed by atoms with E-state index in [1.807, 2.05) is 91.9 Å². The highest BCUT2D eigenvalue weighted by molar-refractivity contribution is 7.22. The molecule has 716 valence electrons. The first-order chi connectivity index (χ1) is 65.2. The summed E-state index contributed by atoms with van der Waals surface area (Å²) < 4.78 is 96.3. The molecule has 5 amide bonds. The van der Waals surface area contributed by atoms with Crippen molar-refractivity contribution in [2.75, 3.05) is 191 Å². The number of ether oxygens (including phenoxy) is 14. The molecule has 1 aliphatic carbocycles. The number of carboxylic acids is 1. The average molecular weight is 1880 g/mol. The number of nitrogens with zero attached hydrogens (tertiary/aromatic N) is 6. The monoisotopic (exact) mass is 1880 g/mol. The molecule has 1 saturated heterocycles. The topological polar surface area (TPSA) is 367 Å². The van der Waals surface area contributed by atoms with E-state index in [2.05, 4.69) is 60.3 Å². The number of methoxy groups -OCH3 is 2. The number of hydrogen-bond acceptors (Lipinski definition) is 26. The van der Waals surface area contributed by atoms with E-state index in [-0.39, 0.29) is 50.8 Å². The van der Waals surface area contributed by atoms with Crippen molar-refractivity contribution in [1.82, 2.24) is 40.8 Å². The number of alkyl carbamates (subject to hydrolysis) is 1. The number of carbonyl (C=O) groups excluding carboxylic acids is 5. The van der Waals surface area contributed by atoms with Gasteiger partial charge in [0.25, 0.3) is 0 Å². The third-order valence-corrected chi connectivity index (χ3v) is 24.7. The Kier molecular flexibility index (Phi) is 40.2. The van der Waals surface area contributed by atoms with E-state index < -0.39 is 59.8 Å². The van der Waals surface area contributed by atoms with E-state index in [0.29, 0.717) is 237 Å². The molecular weight excluding hydrogens is 1760 g/mol. The second-order valence-electron chi connectivity index (χ2n) is 32.9. The van der Waals surface area contributed by atoms with Gasteiger partial charge in [0, 0.05) is 80.1 Å². The summed E-state index contributed by atoms with van der Waals surface area (Å²) in [6.45, 7) is 18.0. The highest BCUT2D eigenvalue weighted by atomic mass is 35.5. The fourth-order valence-electron chi connectivity index (χ4n) is 15.9. The zero-order valence-electron chi connectivity index (χ0n) is 76.8. The Morgan fingerprint density at radius 1 is 0.627 bits per heavy atom. The number of aryl methyl sites for hydroxylation is 1. The fourth-order valence-corrected chi connectivity index (χ4v) is 17.3. The second kappa shape index (κ2) is 53.0. The number of anilines is 1. The van der Waals surface area contributed by atoms with Crippen LogP contribution in [0.15, 0.2) is 170 Å². The Hall–Kier alpha value is -11.4. The highest BCUT2D eigenvalue weighted by Crippen LogP contribution is 2.50. The van der Waals surface area contributed by atoms with Crippen molar-refractivity contribution in [3.8, 4) is 67.2 Å². The molecule has 34 heteroatoms. The summed E-state index contributed by atoms with van der Waals surface area (Å²) in [7, 11) is 5.46. The first-order valence-corrected chi connectivity index (χ1v) is 46.5. The number of halogens is 2. The Morgan fingerprint density at radius 2 is 1.23 bits per heavy atom. The number of aromatic nitrogens is 4. The number of rotatable bonds is 58. The van der Waals surface area contributed by atoms with Gasteiger partial charge in [-0.25, -0.2) is 33.9 Å². The van der Waals surface area contributed by atoms with E-state index in [0.717, 1.165) is 59.6 Å². The third kappa shape index (κ3) is 30.0. The number of nitrogens with two attached hydrogens (primary N) is 1. The molecule has 1 aliphatic heterocycles. The summed E-state index contributed by atoms with van der Waals surface area (Å²) in [5, 5.41) is 25.4. The van der Waals surface area contributed by atoms with Crippen LogP contribution in [0.25, 0.3) is 54.3 Å². The molecule has 0 saturated carbocycles. The maximum absolute atomic E-state index is 14.7. The van der Waals surface area contributed by atoms with Crippen molar-refractivity contribution in [1.29, 1.82) is 0 Å². The molecule has 2 aliphatic rings. The summed E-state index contributed by atoms with van der Waals surface area (Å²) >= 11 is 8.67. The number of thiophene rings is 1. The summed E-state index contributed by atoms with van der Waals surface area (Å²) in [6.07, 6.45) is 2.06. The number of fused-ring (bicyclic) bond motifs is 4. The van der Waals surface area contributed by atoms with Crippen molar-refractivity contribution < 1.29 is 104 Å². The van der Waals surface area contributed by atoms with Gasteiger partial charge in [-0.3, -0.25) is 14.5 Å². The van der Waals surface area contributed by atoms with Gasteiger partial charge in [-0.1, -0.05) is 129 Å². The van der Waals surface area contributed by atoms with Crippen LogP contribution in [-0.4, -0.2) is 263 Å². The number of quaternary nitrogens is 1. The molecule has 3 atom stereocenters. The van der Waals surface area contributed by atoms with Crippen molar-refractivity contribution >= 4 is 68.7 Å². The van der Waals surface area contributed by atoms with Crippen LogP contribution in [0.5, 0.6) is 23.1 Å². The number of carboxylic acid groups (broad SMARTS) is 1. The number of nitrogens with one attached hydrogen (secondary N) is 4. The van der Waals surface area contributed by atoms with Crippen molar-refractivity contribution in [2.45, 2.75) is 90.1 Å². The highest BCUT2D eigenvalue weighted by Gasteiger charge is 2.35. The maximum atomic E-state index is 14.7. The minimum absolute atomic E-state index is 0.0217. The van der Waals surface area contributed by atoms with Crippen molar-refractivity contribution in [3.05, 3.63) is 220 Å². The number of amides is 5. The number of hydrogen-bond donors (Lipinski definition) is 5. The predicted molar refractivity (Wildman–Crippen MR) is 505 cm³/mol. The molecule has 0 radical (unpaired) electrons. The van der Waals surface area contributed by atoms with Crippen LogP contribution in [0.1, 0.15) is 78.1 Å². The summed E-state index contributed by atoms with van der Waals surface area (Å²) in [6, 6.07) is 45.0. The molecule has 10 aromatic rings. The maximum Gasteiger partial charge on any atom is 0.407 e. The molecule has 134 heavy (non-hydrogen) atoms. The van der Waals surface area contributed by atoms with Crippen LogP contribution in [0, 0.1) is 18.7 Å². The molecule has 7 aromatic carbocycles. The number of para-hydroxylation sites is 2. The number of primary amides is 1. The number of carbonyl (C=O) groups is 5. The zero-order chi connectivity index (χ0) is 94.4. The van der Waals surface area contributed by atoms with Crippen LogP contribution in [0.4, 0.5) is 19.7 Å². The number of aliphatic carboxylic acids is 1. The summed E-state index contributed by atoms with van der Waals surface area (Å²) in [4.78, 5) is 89.8. The van der Waals surface area contributed by atoms with Gasteiger partial charge in [0.2, 0.25) is 17.7 Å². The van der Waals surface area contributed by atoms with E-state index in [4.69, 9.17) is 88.6 Å². The standard InChI is InChI=1S/C100H121ClFN11O20S/c1-67(2)91(111-100(119)132-65-82-79-21-10-8-19-77(79)78-20-9-11-22-80(78)82)95(115)110-83(24-15-36-105-99(103)118)94(114)109-74-32-29-72(70(61-74)18-16-43-122-47-48-124-51-52-126-55-56-128-59-60-129-58-57-127-54-53-125-50-49-123-46-45-120-5)63-113(4)41-38-112(39-42-113)40-44-130-86-34-33-76(68(3)90(86)101)88-89-96(106-66-107-97(89)134-92(88)69-27-30-73(102)31-28-69)133-87(98(116)117)62-71-17-7-13-25-84(71)131-64-75-35-37-104-93(108-75)81-23-12-14-26-85(81)121-6/h7-14,17,19-23,25-35,37,61,66-67,82-83,87,91H,15-16,18,24,36,38-60,62-65H2,1-6H3,(H6-,103,105,109,110,111,114,115,116,117,118,119)/t83-,87+,91-/m0/s1. The molecule has 4 heterocycles. The van der Waals surface area contributed by atoms with Gasteiger partial charge in [-0.15, -0.1) is 11.3 Å². The first kappa shape index (κ1) is 102. The summed E-state index contributed by atoms with van der Waals surface area (Å²) in [5.74, 6) is -1.75. The lowest BCUT2D eigenvalue weighted by Crippen LogP contribution is -2.57. The predicted octanol–water partition coefficient (Wildman–Crippen LogP) is 12.4. The van der Waals surface area contributed by atoms with E-state index >= 15 is 0 Å². The number of likely N-dealkylation sites (N-methyl/N-ethyl adjacent to an activating group) is 1. The molecule has 3 aromatic heterocycles. The van der Waals surface area contributed by atoms with Crippen molar-refractivity contribution in [2.24, 2.45) is 11.7 Å². The lowest BCUT2D eigenvalue weighted by molar-refractivity contribution is -0.926. The zero-order valence-corrected chi connectivity index (χ0v) is 78.3. The Labute approximate surface area is 790 Å². The minimum Gasteiger partial charge on any atom is -0.546 e. The molecule has 6 N–H and O–H groups in total. The third-order valence-electron chi connectivity index (χ3n) is 23.1. The molecule has 31 nitrogen and oxygen atoms in total. The lowest BCUT2D eigenvalue weighted by Gasteiger charge is -2.42. The summed E-state index contributed by atoms with van der Waals surface area (Å²) in [5.41, 5.74) is 16.6. The molecule has 0 bridgehead atoms. The normalized spacial score (nSPS) is 13.6. The van der Waals surface area contributed by atoms with Gasteiger partial charge in [0.05, 0.1) is 161 Å². The van der Waals surface area contributed by atoms with Gasteiger partial charge in [-0.2, -0.15) is 0 Å². The van der Waals surface area contributed by atoms with Crippen LogP contribution >= 0.6 is 22.9 Å². The van der Waals surface area contributed by atoms with Crippen LogP contribution in [-0.2, 0) is 87.7 Å². The van der Waals surface area contributed by atoms with Crippen LogP contribution < -0.4 is 51.1 Å². The van der Waals surface area contributed by atoms with Crippen LogP contribution in [0.3, 0.4) is 0 Å². The quantitative estimate of drug-likeness (QED) is 0.0175. The molecular formula is C100H121ClFN11O20S. The molecule has 12 rings (SSSR count). The number of piperazine rings is 1. The van der Waals surface area contributed by atoms with Gasteiger partial charge < -0.3 is 108 Å². The Morgan fingerprint density at radius 3 is 1.85 bits per heavy atom. The average Bonchev–Trinajstić information content (AvgIpc) is 1.59. The van der Waals surface area contributed by atoms with E-state index in [1.54, 1.807) is 82.8 Å². The number of benzene rings is 7. The first-order valence-electron chi connectivity index (χ1n) is 45.3. The molecule has 0 spiro atoms. The largest absolute Gasteiger partial charge is 0.546 e. The SMILES string of the molecule is COCCOCCOCCOCCOCCOCCOCCOCCOCCCc1cc(NC(=O)[C@H](CCCNC(N)=O)NC(=O)[C@@H](NC(=O)OCC2c3ccccc3-c3ccccc32)C(C)C)ccc1C[N+]1(C)CCN(CCOc2ccc(-c3c(-c4ccc(F)cc4)sc4ncnc(O[C@H](Cc5ccccc5OCc5ccnc(-c6ccccc6OC)n5)C(=O)[O-])c34)c(C)c2Cl)CC1. The number of urea groups is 1. The van der Waals surface area contributed by atoms with Crippen LogP contribution in [0.2, 0.25) is 5.02 Å².